The van der Waals surface area contributed by atoms with E-state index < -0.39 is 12.2 Å². The molecule has 0 aromatic heterocycles. The highest BCUT2D eigenvalue weighted by Crippen LogP contribution is 2.35. The van der Waals surface area contributed by atoms with E-state index >= 15 is 0 Å². The van der Waals surface area contributed by atoms with Gasteiger partial charge in [-0.1, -0.05) is 6.07 Å². The summed E-state index contributed by atoms with van der Waals surface area (Å²) < 4.78 is 9.96. The van der Waals surface area contributed by atoms with Crippen LogP contribution >= 0.6 is 0 Å². The molecular formula is C15H22N2O4. The van der Waals surface area contributed by atoms with Gasteiger partial charge < -0.3 is 24.8 Å². The number of alkyl carbamates (subject to hydrolysis) is 1. The summed E-state index contributed by atoms with van der Waals surface area (Å²) in [5.41, 5.74) is 1.72. The Balaban J connectivity index is 2.18. The van der Waals surface area contributed by atoms with Crippen molar-refractivity contribution in [2.45, 2.75) is 25.5 Å². The van der Waals surface area contributed by atoms with E-state index in [0.29, 0.717) is 12.3 Å². The number of methoxy groups -OCH3 is 2. The second kappa shape index (κ2) is 6.67. The molecule has 2 rings (SSSR count). The molecule has 0 bridgehead atoms. The van der Waals surface area contributed by atoms with Gasteiger partial charge in [-0.2, -0.15) is 0 Å². The number of anilines is 1. The van der Waals surface area contributed by atoms with Crippen LogP contribution in [0.25, 0.3) is 0 Å². The summed E-state index contributed by atoms with van der Waals surface area (Å²) in [7, 11) is 2.95. The highest BCUT2D eigenvalue weighted by atomic mass is 16.5. The van der Waals surface area contributed by atoms with Crippen LogP contribution in [0.4, 0.5) is 10.5 Å². The molecule has 1 aliphatic heterocycles. The molecule has 2 N–H and O–H groups in total. The van der Waals surface area contributed by atoms with Gasteiger partial charge in [0.2, 0.25) is 0 Å². The van der Waals surface area contributed by atoms with Crippen LogP contribution in [0.3, 0.4) is 0 Å². The van der Waals surface area contributed by atoms with Crippen LogP contribution in [0.15, 0.2) is 18.2 Å². The number of carbonyl (C=O) groups excluding carboxylic acids is 1. The molecule has 6 heteroatoms. The number of aliphatic hydroxyl groups excluding tert-OH is 1. The average Bonchev–Trinajstić information content (AvgIpc) is 2.94. The number of aliphatic hydroxyl groups is 1. The van der Waals surface area contributed by atoms with Gasteiger partial charge in [-0.15, -0.1) is 0 Å². The fourth-order valence-electron chi connectivity index (χ4n) is 2.73. The SMILES string of the molecule is COC(=O)NC1CCN(c2cccc(OC)c2C(C)O)C1. The Labute approximate surface area is 124 Å². The molecule has 1 aromatic carbocycles. The fourth-order valence-corrected chi connectivity index (χ4v) is 2.73. The molecule has 2 atom stereocenters. The van der Waals surface area contributed by atoms with E-state index in [-0.39, 0.29) is 6.04 Å². The Hall–Kier alpha value is -1.95. The zero-order valence-electron chi connectivity index (χ0n) is 12.6. The summed E-state index contributed by atoms with van der Waals surface area (Å²) in [5.74, 6) is 0.673. The van der Waals surface area contributed by atoms with Crippen molar-refractivity contribution in [3.05, 3.63) is 23.8 Å². The van der Waals surface area contributed by atoms with Crippen molar-refractivity contribution in [1.82, 2.24) is 5.32 Å². The van der Waals surface area contributed by atoms with Gasteiger partial charge in [0, 0.05) is 24.3 Å². The third kappa shape index (κ3) is 3.39. The van der Waals surface area contributed by atoms with Crippen molar-refractivity contribution in [2.75, 3.05) is 32.2 Å². The van der Waals surface area contributed by atoms with E-state index in [4.69, 9.17) is 4.74 Å². The van der Waals surface area contributed by atoms with Gasteiger partial charge in [0.15, 0.2) is 0 Å². The highest BCUT2D eigenvalue weighted by Gasteiger charge is 2.27. The fraction of sp³-hybridized carbons (Fsp3) is 0.533. The summed E-state index contributed by atoms with van der Waals surface area (Å²) in [6.07, 6.45) is -0.196. The Bertz CT molecular complexity index is 504. The molecule has 116 valence electrons. The van der Waals surface area contributed by atoms with Crippen LogP contribution in [-0.2, 0) is 4.74 Å². The summed E-state index contributed by atoms with van der Waals surface area (Å²) in [6.45, 7) is 3.21. The van der Waals surface area contributed by atoms with Gasteiger partial charge in [-0.05, 0) is 25.5 Å². The second-order valence-corrected chi connectivity index (χ2v) is 5.14. The van der Waals surface area contributed by atoms with Gasteiger partial charge in [0.25, 0.3) is 0 Å². The summed E-state index contributed by atoms with van der Waals surface area (Å²) in [6, 6.07) is 5.75. The standard InChI is InChI=1S/C15H22N2O4/c1-10(18)14-12(5-4-6-13(14)20-2)17-8-7-11(9-17)16-15(19)21-3/h4-6,10-11,18H,7-9H2,1-3H3,(H,16,19). The van der Waals surface area contributed by atoms with Crippen LogP contribution in [0.5, 0.6) is 5.75 Å². The number of nitrogens with zero attached hydrogens (tertiary/aromatic N) is 1. The van der Waals surface area contributed by atoms with Crippen molar-refractivity contribution in [3.8, 4) is 5.75 Å². The van der Waals surface area contributed by atoms with Crippen LogP contribution in [-0.4, -0.2) is 44.6 Å². The van der Waals surface area contributed by atoms with Crippen LogP contribution in [0.2, 0.25) is 0 Å². The first-order valence-corrected chi connectivity index (χ1v) is 7.01. The highest BCUT2D eigenvalue weighted by molar-refractivity contribution is 5.68. The summed E-state index contributed by atoms with van der Waals surface area (Å²) in [4.78, 5) is 13.4. The van der Waals surface area contributed by atoms with E-state index in [2.05, 4.69) is 15.0 Å². The Morgan fingerprint density at radius 1 is 1.48 bits per heavy atom. The molecule has 0 radical (unpaired) electrons. The molecule has 0 spiro atoms. The monoisotopic (exact) mass is 294 g/mol. The molecule has 2 unspecified atom stereocenters. The maximum absolute atomic E-state index is 11.3. The maximum Gasteiger partial charge on any atom is 0.407 e. The first-order chi connectivity index (χ1) is 10.1. The number of ether oxygens (including phenoxy) is 2. The number of rotatable bonds is 4. The van der Waals surface area contributed by atoms with Crippen LogP contribution in [0.1, 0.15) is 25.0 Å². The molecule has 1 amide bonds. The lowest BCUT2D eigenvalue weighted by molar-refractivity contribution is 0.167. The third-order valence-corrected chi connectivity index (χ3v) is 3.72. The minimum absolute atomic E-state index is 0.0468. The molecule has 0 saturated carbocycles. The number of nitrogens with one attached hydrogen (secondary N) is 1. The summed E-state index contributed by atoms with van der Waals surface area (Å²) in [5, 5.41) is 12.8. The Morgan fingerprint density at radius 3 is 2.86 bits per heavy atom. The predicted molar refractivity (Wildman–Crippen MR) is 79.8 cm³/mol. The second-order valence-electron chi connectivity index (χ2n) is 5.14. The molecule has 0 aliphatic carbocycles. The van der Waals surface area contributed by atoms with Crippen LogP contribution in [0, 0.1) is 0 Å². The average molecular weight is 294 g/mol. The molecular weight excluding hydrogens is 272 g/mol. The molecule has 1 fully saturated rings. The number of benzene rings is 1. The Morgan fingerprint density at radius 2 is 2.24 bits per heavy atom. The normalized spacial score (nSPS) is 19.2. The smallest absolute Gasteiger partial charge is 0.407 e. The zero-order chi connectivity index (χ0) is 15.4. The van der Waals surface area contributed by atoms with Crippen molar-refractivity contribution >= 4 is 11.8 Å². The largest absolute Gasteiger partial charge is 0.496 e. The minimum atomic E-state index is -0.622. The topological polar surface area (TPSA) is 71.0 Å². The van der Waals surface area contributed by atoms with Crippen molar-refractivity contribution < 1.29 is 19.4 Å². The third-order valence-electron chi connectivity index (χ3n) is 3.72. The molecule has 21 heavy (non-hydrogen) atoms. The number of carbonyl (C=O) groups is 1. The minimum Gasteiger partial charge on any atom is -0.496 e. The first-order valence-electron chi connectivity index (χ1n) is 7.01. The van der Waals surface area contributed by atoms with Gasteiger partial charge in [-0.25, -0.2) is 4.79 Å². The number of amides is 1. The van der Waals surface area contributed by atoms with E-state index in [1.807, 2.05) is 18.2 Å². The van der Waals surface area contributed by atoms with E-state index in [1.54, 1.807) is 14.0 Å². The molecule has 6 nitrogen and oxygen atoms in total. The van der Waals surface area contributed by atoms with Crippen LogP contribution < -0.4 is 15.0 Å². The lowest BCUT2D eigenvalue weighted by Gasteiger charge is -2.25. The summed E-state index contributed by atoms with van der Waals surface area (Å²) >= 11 is 0. The number of hydrogen-bond acceptors (Lipinski definition) is 5. The van der Waals surface area contributed by atoms with Crippen molar-refractivity contribution in [1.29, 1.82) is 0 Å². The molecule has 1 heterocycles. The number of hydrogen-bond donors (Lipinski definition) is 2. The predicted octanol–water partition coefficient (Wildman–Crippen LogP) is 1.68. The van der Waals surface area contributed by atoms with Crippen molar-refractivity contribution in [3.63, 3.8) is 0 Å². The lowest BCUT2D eigenvalue weighted by atomic mass is 10.1. The van der Waals surface area contributed by atoms with Crippen molar-refractivity contribution in [2.24, 2.45) is 0 Å². The zero-order valence-corrected chi connectivity index (χ0v) is 12.6. The molecule has 1 saturated heterocycles. The van der Waals surface area contributed by atoms with E-state index in [1.165, 1.54) is 7.11 Å². The van der Waals surface area contributed by atoms with E-state index in [9.17, 15) is 9.90 Å². The lowest BCUT2D eigenvalue weighted by Crippen LogP contribution is -2.37. The van der Waals surface area contributed by atoms with E-state index in [0.717, 1.165) is 24.2 Å². The molecule has 1 aromatic rings. The maximum atomic E-state index is 11.3. The van der Waals surface area contributed by atoms with Gasteiger partial charge >= 0.3 is 6.09 Å². The Kier molecular flexibility index (Phi) is 4.90. The first kappa shape index (κ1) is 15.4. The van der Waals surface area contributed by atoms with Gasteiger partial charge in [0.05, 0.1) is 26.4 Å². The molecule has 1 aliphatic rings. The van der Waals surface area contributed by atoms with Gasteiger partial charge in [0.1, 0.15) is 5.75 Å². The quantitative estimate of drug-likeness (QED) is 0.884. The van der Waals surface area contributed by atoms with Gasteiger partial charge in [-0.3, -0.25) is 0 Å².